The Kier molecular flexibility index (Phi) is 4.92. The monoisotopic (exact) mass is 284 g/mol. The zero-order valence-corrected chi connectivity index (χ0v) is 10.8. The first-order chi connectivity index (χ1) is 8.74. The average Bonchev–Trinajstić information content (AvgIpc) is 2.78. The molecule has 0 spiro atoms. The number of nitrogens with zero attached hydrogens (tertiary/aromatic N) is 1. The molecule has 1 rings (SSSR count). The van der Waals surface area contributed by atoms with Crippen LogP contribution in [0.15, 0.2) is 6.20 Å². The molecule has 1 aromatic rings. The topological polar surface area (TPSA) is 28.7 Å². The van der Waals surface area contributed by atoms with Crippen molar-refractivity contribution in [2.45, 2.75) is 57.5 Å². The van der Waals surface area contributed by atoms with Crippen LogP contribution in [0.4, 0.5) is 22.0 Å². The molecule has 0 saturated heterocycles. The van der Waals surface area contributed by atoms with E-state index in [1.165, 1.54) is 0 Å². The van der Waals surface area contributed by atoms with Gasteiger partial charge in [-0.1, -0.05) is 26.7 Å². The quantitative estimate of drug-likeness (QED) is 0.750. The number of rotatable bonds is 6. The van der Waals surface area contributed by atoms with Crippen molar-refractivity contribution < 1.29 is 22.0 Å². The minimum Gasteiger partial charge on any atom is -0.340 e. The largest absolute Gasteiger partial charge is 0.459 e. The van der Waals surface area contributed by atoms with Gasteiger partial charge in [-0.05, 0) is 12.8 Å². The van der Waals surface area contributed by atoms with E-state index >= 15 is 0 Å². The van der Waals surface area contributed by atoms with Gasteiger partial charge in [-0.2, -0.15) is 22.0 Å². The minimum atomic E-state index is -5.61. The predicted octanol–water partition coefficient (Wildman–Crippen LogP) is 4.75. The van der Waals surface area contributed by atoms with Crippen LogP contribution < -0.4 is 0 Å². The summed E-state index contributed by atoms with van der Waals surface area (Å²) in [6, 6.07) is 0. The number of H-pyrrole nitrogens is 1. The summed E-state index contributed by atoms with van der Waals surface area (Å²) in [7, 11) is 0. The number of hydrogen-bond acceptors (Lipinski definition) is 1. The maximum absolute atomic E-state index is 13.1. The molecule has 0 aromatic carbocycles. The molecule has 110 valence electrons. The Morgan fingerprint density at radius 1 is 1.21 bits per heavy atom. The van der Waals surface area contributed by atoms with E-state index < -0.39 is 17.8 Å². The number of unbranched alkanes of at least 4 members (excludes halogenated alkanes) is 1. The van der Waals surface area contributed by atoms with Gasteiger partial charge >= 0.3 is 12.1 Å². The fourth-order valence-corrected chi connectivity index (χ4v) is 1.84. The van der Waals surface area contributed by atoms with E-state index in [1.807, 2.05) is 13.8 Å². The molecule has 0 aliphatic carbocycles. The Morgan fingerprint density at radius 2 is 1.84 bits per heavy atom. The lowest BCUT2D eigenvalue weighted by Gasteiger charge is -2.18. The van der Waals surface area contributed by atoms with Gasteiger partial charge in [-0.3, -0.25) is 0 Å². The highest BCUT2D eigenvalue weighted by molar-refractivity contribution is 5.12. The fourth-order valence-electron chi connectivity index (χ4n) is 1.84. The molecular formula is C12H17F5N2. The average molecular weight is 284 g/mol. The van der Waals surface area contributed by atoms with E-state index in [-0.39, 0.29) is 11.7 Å². The zero-order chi connectivity index (χ0) is 14.7. The summed E-state index contributed by atoms with van der Waals surface area (Å²) < 4.78 is 62.8. The summed E-state index contributed by atoms with van der Waals surface area (Å²) in [5, 5.41) is 0. The van der Waals surface area contributed by atoms with Crippen molar-refractivity contribution in [3.05, 3.63) is 17.7 Å². The van der Waals surface area contributed by atoms with Gasteiger partial charge in [-0.15, -0.1) is 0 Å². The number of aromatic amines is 1. The van der Waals surface area contributed by atoms with E-state index in [2.05, 4.69) is 9.97 Å². The van der Waals surface area contributed by atoms with Crippen molar-refractivity contribution in [2.75, 3.05) is 0 Å². The van der Waals surface area contributed by atoms with E-state index in [0.717, 1.165) is 19.3 Å². The van der Waals surface area contributed by atoms with Crippen LogP contribution >= 0.6 is 0 Å². The number of imidazole rings is 1. The number of nitrogens with one attached hydrogen (secondary N) is 1. The van der Waals surface area contributed by atoms with Gasteiger partial charge < -0.3 is 4.98 Å². The first-order valence-corrected chi connectivity index (χ1v) is 6.23. The maximum atomic E-state index is 13.1. The van der Waals surface area contributed by atoms with Gasteiger partial charge in [-0.25, -0.2) is 4.98 Å². The summed E-state index contributed by atoms with van der Waals surface area (Å²) >= 11 is 0. The molecule has 0 aliphatic rings. The molecule has 7 heteroatoms. The summed E-state index contributed by atoms with van der Waals surface area (Å²) in [5.41, 5.74) is -1.19. The van der Waals surface area contributed by atoms with Crippen LogP contribution in [0.2, 0.25) is 0 Å². The fraction of sp³-hybridized carbons (Fsp3) is 0.750. The molecule has 0 fully saturated rings. The third-order valence-corrected chi connectivity index (χ3v) is 3.08. The molecule has 1 N–H and O–H groups in total. The third kappa shape index (κ3) is 3.45. The molecule has 0 radical (unpaired) electrons. The second kappa shape index (κ2) is 5.88. The first kappa shape index (κ1) is 15.9. The molecule has 1 aromatic heterocycles. The van der Waals surface area contributed by atoms with Gasteiger partial charge in [0, 0.05) is 5.92 Å². The van der Waals surface area contributed by atoms with Crippen molar-refractivity contribution >= 4 is 0 Å². The molecule has 0 bridgehead atoms. The normalized spacial score (nSPS) is 14.7. The van der Waals surface area contributed by atoms with Crippen molar-refractivity contribution in [3.63, 3.8) is 0 Å². The molecule has 2 nitrogen and oxygen atoms in total. The second-order valence-corrected chi connectivity index (χ2v) is 4.50. The lowest BCUT2D eigenvalue weighted by molar-refractivity contribution is -0.290. The Morgan fingerprint density at radius 3 is 2.32 bits per heavy atom. The third-order valence-electron chi connectivity index (χ3n) is 3.08. The molecule has 1 unspecified atom stereocenters. The molecule has 1 heterocycles. The van der Waals surface area contributed by atoms with Gasteiger partial charge in [0.25, 0.3) is 0 Å². The van der Waals surface area contributed by atoms with Crippen LogP contribution in [0.25, 0.3) is 0 Å². The Hall–Kier alpha value is -1.14. The predicted molar refractivity (Wildman–Crippen MR) is 61.1 cm³/mol. The van der Waals surface area contributed by atoms with Crippen LogP contribution in [0, 0.1) is 0 Å². The molecule has 19 heavy (non-hydrogen) atoms. The van der Waals surface area contributed by atoms with Crippen LogP contribution in [0.3, 0.4) is 0 Å². The molecule has 0 aliphatic heterocycles. The van der Waals surface area contributed by atoms with Gasteiger partial charge in [0.2, 0.25) is 0 Å². The van der Waals surface area contributed by atoms with Gasteiger partial charge in [0.15, 0.2) is 0 Å². The van der Waals surface area contributed by atoms with Crippen molar-refractivity contribution in [3.8, 4) is 0 Å². The van der Waals surface area contributed by atoms with E-state index in [9.17, 15) is 22.0 Å². The van der Waals surface area contributed by atoms with Crippen LogP contribution in [-0.2, 0) is 5.92 Å². The molecular weight excluding hydrogens is 267 g/mol. The molecule has 0 amide bonds. The number of halogens is 5. The van der Waals surface area contributed by atoms with Crippen molar-refractivity contribution in [2.24, 2.45) is 0 Å². The first-order valence-electron chi connectivity index (χ1n) is 6.23. The highest BCUT2D eigenvalue weighted by Gasteiger charge is 2.60. The van der Waals surface area contributed by atoms with Gasteiger partial charge in [0.05, 0.1) is 6.20 Å². The lowest BCUT2D eigenvalue weighted by Crippen LogP contribution is -2.34. The van der Waals surface area contributed by atoms with E-state index in [0.29, 0.717) is 12.6 Å². The smallest absolute Gasteiger partial charge is 0.340 e. The number of alkyl halides is 5. The summed E-state index contributed by atoms with van der Waals surface area (Å²) in [5.74, 6) is -4.80. The standard InChI is InChI=1S/C12H17F5N2/c1-3-5-6-8(4-2)10-18-7-9(19-10)11(13,14)12(15,16)17/h7-8H,3-6H2,1-2H3,(H,18,19). The SMILES string of the molecule is CCCCC(CC)c1ncc(C(F)(F)C(F)(F)F)[nH]1. The molecule has 0 saturated carbocycles. The summed E-state index contributed by atoms with van der Waals surface area (Å²) in [6.07, 6.45) is -1.85. The van der Waals surface area contributed by atoms with E-state index in [1.54, 1.807) is 0 Å². The minimum absolute atomic E-state index is 0.113. The Bertz CT molecular complexity index is 397. The van der Waals surface area contributed by atoms with Crippen molar-refractivity contribution in [1.29, 1.82) is 0 Å². The van der Waals surface area contributed by atoms with Crippen LogP contribution in [-0.4, -0.2) is 16.1 Å². The summed E-state index contributed by atoms with van der Waals surface area (Å²) in [6.45, 7) is 3.84. The van der Waals surface area contributed by atoms with E-state index in [4.69, 9.17) is 0 Å². The van der Waals surface area contributed by atoms with Crippen LogP contribution in [0.5, 0.6) is 0 Å². The Balaban J connectivity index is 2.92. The maximum Gasteiger partial charge on any atom is 0.459 e. The number of hydrogen-bond donors (Lipinski definition) is 1. The highest BCUT2D eigenvalue weighted by Crippen LogP contribution is 2.43. The summed E-state index contributed by atoms with van der Waals surface area (Å²) in [4.78, 5) is 5.82. The van der Waals surface area contributed by atoms with Gasteiger partial charge in [0.1, 0.15) is 11.5 Å². The second-order valence-electron chi connectivity index (χ2n) is 4.50. The van der Waals surface area contributed by atoms with Crippen molar-refractivity contribution in [1.82, 2.24) is 9.97 Å². The highest BCUT2D eigenvalue weighted by atomic mass is 19.4. The number of aromatic nitrogens is 2. The Labute approximate surface area is 108 Å². The molecule has 1 atom stereocenters. The zero-order valence-electron chi connectivity index (χ0n) is 10.8. The lowest BCUT2D eigenvalue weighted by atomic mass is 9.99. The van der Waals surface area contributed by atoms with Crippen LogP contribution in [0.1, 0.15) is 57.0 Å².